The Morgan fingerprint density at radius 1 is 1.28 bits per heavy atom. The molecule has 1 saturated carbocycles. The van der Waals surface area contributed by atoms with E-state index in [1.165, 1.54) is 12.8 Å². The minimum absolute atomic E-state index is 0.0814. The van der Waals surface area contributed by atoms with Gasteiger partial charge in [0.25, 0.3) is 0 Å². The average Bonchev–Trinajstić information content (AvgIpc) is 2.61. The third-order valence-electron chi connectivity index (χ3n) is 4.43. The van der Waals surface area contributed by atoms with Gasteiger partial charge in [0.1, 0.15) is 0 Å². The quantitative estimate of drug-likeness (QED) is 0.765. The molecule has 2 N–H and O–H groups in total. The second-order valence-electron chi connectivity index (χ2n) is 6.11. The standard InChI is InChI=1S/C15H30N2O/c1-6-7-11(3)16-15(18)13(5)17-14-9-8-10(2)12(14)4/h10-14,17H,6-9H2,1-5H3,(H,16,18). The van der Waals surface area contributed by atoms with Crippen molar-refractivity contribution in [3.8, 4) is 0 Å². The number of amides is 1. The summed E-state index contributed by atoms with van der Waals surface area (Å²) in [5, 5.41) is 6.57. The van der Waals surface area contributed by atoms with E-state index in [1.807, 2.05) is 6.92 Å². The molecule has 0 spiro atoms. The molecule has 0 saturated heterocycles. The highest BCUT2D eigenvalue weighted by Crippen LogP contribution is 2.31. The van der Waals surface area contributed by atoms with E-state index in [-0.39, 0.29) is 18.0 Å². The molecule has 0 aromatic heterocycles. The minimum Gasteiger partial charge on any atom is -0.352 e. The summed E-state index contributed by atoms with van der Waals surface area (Å²) in [4.78, 5) is 12.0. The van der Waals surface area contributed by atoms with Crippen LogP contribution in [0.1, 0.15) is 60.3 Å². The number of hydrogen-bond donors (Lipinski definition) is 2. The van der Waals surface area contributed by atoms with Crippen molar-refractivity contribution >= 4 is 5.91 Å². The summed E-state index contributed by atoms with van der Waals surface area (Å²) in [5.74, 6) is 1.59. The summed E-state index contributed by atoms with van der Waals surface area (Å²) in [6.07, 6.45) is 4.64. The molecule has 1 aliphatic carbocycles. The van der Waals surface area contributed by atoms with Crippen LogP contribution in [-0.2, 0) is 4.79 Å². The average molecular weight is 254 g/mol. The lowest BCUT2D eigenvalue weighted by Gasteiger charge is -2.25. The van der Waals surface area contributed by atoms with Crippen LogP contribution in [0.4, 0.5) is 0 Å². The molecule has 3 nitrogen and oxygen atoms in total. The maximum atomic E-state index is 12.0. The van der Waals surface area contributed by atoms with Crippen LogP contribution in [0.2, 0.25) is 0 Å². The highest BCUT2D eigenvalue weighted by Gasteiger charge is 2.31. The van der Waals surface area contributed by atoms with Gasteiger partial charge in [-0.15, -0.1) is 0 Å². The molecule has 0 aliphatic heterocycles. The Bertz CT molecular complexity index is 267. The SMILES string of the molecule is CCCC(C)NC(=O)C(C)NC1CCC(C)C1C. The molecule has 1 rings (SSSR count). The van der Waals surface area contributed by atoms with Gasteiger partial charge in [-0.2, -0.15) is 0 Å². The molecule has 5 unspecified atom stereocenters. The van der Waals surface area contributed by atoms with Crippen molar-refractivity contribution in [3.05, 3.63) is 0 Å². The van der Waals surface area contributed by atoms with Crippen LogP contribution in [0.5, 0.6) is 0 Å². The molecule has 18 heavy (non-hydrogen) atoms. The summed E-state index contributed by atoms with van der Waals surface area (Å²) < 4.78 is 0. The van der Waals surface area contributed by atoms with Crippen molar-refractivity contribution in [2.45, 2.75) is 78.4 Å². The van der Waals surface area contributed by atoms with Crippen LogP contribution in [0, 0.1) is 11.8 Å². The smallest absolute Gasteiger partial charge is 0.237 e. The van der Waals surface area contributed by atoms with Gasteiger partial charge < -0.3 is 10.6 Å². The maximum absolute atomic E-state index is 12.0. The Labute approximate surface area is 112 Å². The van der Waals surface area contributed by atoms with E-state index in [0.717, 1.165) is 18.8 Å². The van der Waals surface area contributed by atoms with Gasteiger partial charge in [-0.05, 0) is 44.9 Å². The van der Waals surface area contributed by atoms with Crippen molar-refractivity contribution in [1.82, 2.24) is 10.6 Å². The number of carbonyl (C=O) groups excluding carboxylic acids is 1. The molecular formula is C15H30N2O. The van der Waals surface area contributed by atoms with Crippen LogP contribution >= 0.6 is 0 Å². The Kier molecular flexibility index (Phi) is 6.13. The minimum atomic E-state index is -0.0814. The van der Waals surface area contributed by atoms with E-state index in [9.17, 15) is 4.79 Å². The van der Waals surface area contributed by atoms with Gasteiger partial charge in [-0.1, -0.05) is 27.2 Å². The van der Waals surface area contributed by atoms with Crippen LogP contribution in [0.15, 0.2) is 0 Å². The number of nitrogens with one attached hydrogen (secondary N) is 2. The van der Waals surface area contributed by atoms with Gasteiger partial charge in [0.15, 0.2) is 0 Å². The molecule has 0 aromatic rings. The Balaban J connectivity index is 2.36. The maximum Gasteiger partial charge on any atom is 0.237 e. The highest BCUT2D eigenvalue weighted by atomic mass is 16.2. The third-order valence-corrected chi connectivity index (χ3v) is 4.43. The largest absolute Gasteiger partial charge is 0.352 e. The summed E-state index contributed by atoms with van der Waals surface area (Å²) in [6.45, 7) is 10.8. The summed E-state index contributed by atoms with van der Waals surface area (Å²) >= 11 is 0. The molecular weight excluding hydrogens is 224 g/mol. The second-order valence-corrected chi connectivity index (χ2v) is 6.11. The van der Waals surface area contributed by atoms with Crippen molar-refractivity contribution in [3.63, 3.8) is 0 Å². The van der Waals surface area contributed by atoms with Gasteiger partial charge in [0.2, 0.25) is 5.91 Å². The lowest BCUT2D eigenvalue weighted by atomic mass is 9.97. The van der Waals surface area contributed by atoms with Crippen LogP contribution in [0.3, 0.4) is 0 Å². The van der Waals surface area contributed by atoms with Gasteiger partial charge in [0.05, 0.1) is 6.04 Å². The normalized spacial score (nSPS) is 31.1. The molecule has 3 heteroatoms. The van der Waals surface area contributed by atoms with Gasteiger partial charge in [0, 0.05) is 12.1 Å². The zero-order valence-corrected chi connectivity index (χ0v) is 12.6. The van der Waals surface area contributed by atoms with E-state index in [0.29, 0.717) is 12.0 Å². The first-order chi connectivity index (χ1) is 8.45. The molecule has 106 valence electrons. The van der Waals surface area contributed by atoms with E-state index in [4.69, 9.17) is 0 Å². The highest BCUT2D eigenvalue weighted by molar-refractivity contribution is 5.81. The predicted molar refractivity (Wildman–Crippen MR) is 76.5 cm³/mol. The number of hydrogen-bond acceptors (Lipinski definition) is 2. The fourth-order valence-corrected chi connectivity index (χ4v) is 2.87. The molecule has 1 aliphatic rings. The number of rotatable bonds is 6. The fourth-order valence-electron chi connectivity index (χ4n) is 2.87. The van der Waals surface area contributed by atoms with Crippen molar-refractivity contribution < 1.29 is 4.79 Å². The van der Waals surface area contributed by atoms with E-state index in [1.54, 1.807) is 0 Å². The first kappa shape index (κ1) is 15.5. The van der Waals surface area contributed by atoms with Crippen LogP contribution < -0.4 is 10.6 Å². The van der Waals surface area contributed by atoms with E-state index < -0.39 is 0 Å². The monoisotopic (exact) mass is 254 g/mol. The first-order valence-electron chi connectivity index (χ1n) is 7.52. The summed E-state index contributed by atoms with van der Waals surface area (Å²) in [6, 6.07) is 0.705. The zero-order chi connectivity index (χ0) is 13.7. The van der Waals surface area contributed by atoms with Crippen LogP contribution in [0.25, 0.3) is 0 Å². The van der Waals surface area contributed by atoms with Gasteiger partial charge in [-0.25, -0.2) is 0 Å². The van der Waals surface area contributed by atoms with Crippen molar-refractivity contribution in [2.75, 3.05) is 0 Å². The molecule has 0 radical (unpaired) electrons. The molecule has 0 heterocycles. The molecule has 5 atom stereocenters. The lowest BCUT2D eigenvalue weighted by molar-refractivity contribution is -0.123. The van der Waals surface area contributed by atoms with E-state index in [2.05, 4.69) is 38.3 Å². The third kappa shape index (κ3) is 4.27. The topological polar surface area (TPSA) is 41.1 Å². The van der Waals surface area contributed by atoms with Gasteiger partial charge in [-0.3, -0.25) is 4.79 Å². The fraction of sp³-hybridized carbons (Fsp3) is 0.933. The van der Waals surface area contributed by atoms with Gasteiger partial charge >= 0.3 is 0 Å². The molecule has 0 aromatic carbocycles. The number of carbonyl (C=O) groups is 1. The molecule has 0 bridgehead atoms. The summed E-state index contributed by atoms with van der Waals surface area (Å²) in [7, 11) is 0. The Morgan fingerprint density at radius 2 is 1.94 bits per heavy atom. The Morgan fingerprint density at radius 3 is 2.44 bits per heavy atom. The zero-order valence-electron chi connectivity index (χ0n) is 12.6. The Hall–Kier alpha value is -0.570. The van der Waals surface area contributed by atoms with Crippen LogP contribution in [-0.4, -0.2) is 24.0 Å². The predicted octanol–water partition coefficient (Wildman–Crippen LogP) is 2.70. The molecule has 1 amide bonds. The van der Waals surface area contributed by atoms with E-state index >= 15 is 0 Å². The van der Waals surface area contributed by atoms with Crippen molar-refractivity contribution in [2.24, 2.45) is 11.8 Å². The second kappa shape index (κ2) is 7.13. The first-order valence-corrected chi connectivity index (χ1v) is 7.52. The molecule has 1 fully saturated rings. The van der Waals surface area contributed by atoms with Crippen molar-refractivity contribution in [1.29, 1.82) is 0 Å². The summed E-state index contributed by atoms with van der Waals surface area (Å²) in [5.41, 5.74) is 0. The lowest BCUT2D eigenvalue weighted by Crippen LogP contribution is -2.49.